The van der Waals surface area contributed by atoms with E-state index in [4.69, 9.17) is 0 Å². The van der Waals surface area contributed by atoms with Gasteiger partial charge in [0.05, 0.1) is 10.1 Å². The molecule has 0 aliphatic rings. The van der Waals surface area contributed by atoms with E-state index < -0.39 is 0 Å². The van der Waals surface area contributed by atoms with Crippen LogP contribution < -0.4 is 5.32 Å². The standard InChI is InChI=1S/C17H18N4OS2/c1-12(16(22)18-10-9-13-6-3-2-4-7-13)24-17-19-15(20-21-17)14-8-5-11-23-14/h2-8,11-12H,9-10H2,1H3,(H,18,22)(H,19,20,21)/t12-/m1/s1. The molecule has 1 atom stereocenters. The lowest BCUT2D eigenvalue weighted by Crippen LogP contribution is -2.32. The third-order valence-electron chi connectivity index (χ3n) is 3.43. The van der Waals surface area contributed by atoms with Gasteiger partial charge in [-0.2, -0.15) is 0 Å². The number of nitrogens with one attached hydrogen (secondary N) is 2. The molecule has 7 heteroatoms. The number of carbonyl (C=O) groups excluding carboxylic acids is 1. The van der Waals surface area contributed by atoms with Crippen LogP contribution in [0.2, 0.25) is 0 Å². The number of H-pyrrole nitrogens is 1. The van der Waals surface area contributed by atoms with Gasteiger partial charge in [-0.1, -0.05) is 48.2 Å². The van der Waals surface area contributed by atoms with Crippen molar-refractivity contribution in [3.63, 3.8) is 0 Å². The predicted octanol–water partition coefficient (Wildman–Crippen LogP) is 3.37. The van der Waals surface area contributed by atoms with Gasteiger partial charge < -0.3 is 5.32 Å². The minimum atomic E-state index is -0.243. The second-order valence-corrected chi connectivity index (χ2v) is 7.49. The minimum absolute atomic E-state index is 0.00148. The number of carbonyl (C=O) groups is 1. The summed E-state index contributed by atoms with van der Waals surface area (Å²) in [5.41, 5.74) is 1.22. The molecule has 0 bridgehead atoms. The molecule has 3 aromatic rings. The maximum atomic E-state index is 12.2. The molecule has 0 spiro atoms. The highest BCUT2D eigenvalue weighted by Crippen LogP contribution is 2.25. The Morgan fingerprint density at radius 2 is 2.12 bits per heavy atom. The third kappa shape index (κ3) is 4.46. The van der Waals surface area contributed by atoms with Gasteiger partial charge in [0, 0.05) is 6.54 Å². The third-order valence-corrected chi connectivity index (χ3v) is 5.26. The van der Waals surface area contributed by atoms with Crippen LogP contribution in [-0.4, -0.2) is 32.9 Å². The predicted molar refractivity (Wildman–Crippen MR) is 98.2 cm³/mol. The first-order valence-electron chi connectivity index (χ1n) is 7.67. The van der Waals surface area contributed by atoms with Crippen molar-refractivity contribution in [3.8, 4) is 10.7 Å². The molecule has 1 amide bonds. The molecule has 2 aromatic heterocycles. The van der Waals surface area contributed by atoms with E-state index in [0.29, 0.717) is 11.7 Å². The van der Waals surface area contributed by atoms with Crippen molar-refractivity contribution in [2.24, 2.45) is 0 Å². The molecular formula is C17H18N4OS2. The maximum Gasteiger partial charge on any atom is 0.233 e. The van der Waals surface area contributed by atoms with E-state index in [9.17, 15) is 4.79 Å². The van der Waals surface area contributed by atoms with E-state index in [1.807, 2.05) is 42.6 Å². The lowest BCUT2D eigenvalue weighted by molar-refractivity contribution is -0.120. The fraction of sp³-hybridized carbons (Fsp3) is 0.235. The van der Waals surface area contributed by atoms with Crippen LogP contribution in [0.4, 0.5) is 0 Å². The van der Waals surface area contributed by atoms with E-state index in [-0.39, 0.29) is 11.2 Å². The molecular weight excluding hydrogens is 340 g/mol. The Kier molecular flexibility index (Phi) is 5.66. The monoisotopic (exact) mass is 358 g/mol. The summed E-state index contributed by atoms with van der Waals surface area (Å²) in [4.78, 5) is 17.6. The SMILES string of the molecule is C[C@@H](Sc1n[nH]c(-c2cccs2)n1)C(=O)NCCc1ccccc1. The van der Waals surface area contributed by atoms with Crippen molar-refractivity contribution >= 4 is 29.0 Å². The van der Waals surface area contributed by atoms with Gasteiger partial charge in [0.1, 0.15) is 0 Å². The molecule has 0 aliphatic heterocycles. The first-order chi connectivity index (χ1) is 11.7. The fourth-order valence-electron chi connectivity index (χ4n) is 2.15. The van der Waals surface area contributed by atoms with Gasteiger partial charge >= 0.3 is 0 Å². The van der Waals surface area contributed by atoms with E-state index in [1.165, 1.54) is 17.3 Å². The Morgan fingerprint density at radius 1 is 1.29 bits per heavy atom. The van der Waals surface area contributed by atoms with Gasteiger partial charge in [0.2, 0.25) is 11.1 Å². The number of rotatable bonds is 7. The van der Waals surface area contributed by atoms with E-state index in [0.717, 1.165) is 17.1 Å². The number of aromatic nitrogens is 3. The highest BCUT2D eigenvalue weighted by Gasteiger charge is 2.17. The molecule has 24 heavy (non-hydrogen) atoms. The first kappa shape index (κ1) is 16.7. The molecule has 2 N–H and O–H groups in total. The van der Waals surface area contributed by atoms with Crippen molar-refractivity contribution in [2.45, 2.75) is 23.8 Å². The highest BCUT2D eigenvalue weighted by atomic mass is 32.2. The molecule has 3 rings (SSSR count). The average molecular weight is 358 g/mol. The highest BCUT2D eigenvalue weighted by molar-refractivity contribution is 8.00. The lowest BCUT2D eigenvalue weighted by Gasteiger charge is -2.10. The van der Waals surface area contributed by atoms with Crippen LogP contribution in [0.15, 0.2) is 53.0 Å². The zero-order valence-electron chi connectivity index (χ0n) is 13.2. The number of thiophene rings is 1. The van der Waals surface area contributed by atoms with Gasteiger partial charge in [-0.05, 0) is 30.4 Å². The van der Waals surface area contributed by atoms with Crippen LogP contribution in [0.3, 0.4) is 0 Å². The average Bonchev–Trinajstić information content (AvgIpc) is 3.27. The van der Waals surface area contributed by atoms with Gasteiger partial charge in [0.25, 0.3) is 0 Å². The number of amides is 1. The Labute approximate surface area is 148 Å². The second kappa shape index (κ2) is 8.12. The zero-order valence-corrected chi connectivity index (χ0v) is 14.9. The number of aromatic amines is 1. The molecule has 124 valence electrons. The summed E-state index contributed by atoms with van der Waals surface area (Å²) in [6.45, 7) is 2.49. The van der Waals surface area contributed by atoms with Crippen molar-refractivity contribution in [1.29, 1.82) is 0 Å². The van der Waals surface area contributed by atoms with E-state index >= 15 is 0 Å². The summed E-state index contributed by atoms with van der Waals surface area (Å²) in [6.07, 6.45) is 0.827. The first-order valence-corrected chi connectivity index (χ1v) is 9.43. The van der Waals surface area contributed by atoms with Crippen LogP contribution in [0.25, 0.3) is 10.7 Å². The summed E-state index contributed by atoms with van der Waals surface area (Å²) in [5, 5.41) is 12.4. The molecule has 5 nitrogen and oxygen atoms in total. The van der Waals surface area contributed by atoms with Crippen LogP contribution in [0, 0.1) is 0 Å². The molecule has 0 radical (unpaired) electrons. The summed E-state index contributed by atoms with van der Waals surface area (Å²) in [6, 6.07) is 14.1. The van der Waals surface area contributed by atoms with Gasteiger partial charge in [-0.15, -0.1) is 16.4 Å². The molecule has 0 saturated heterocycles. The Balaban J connectivity index is 1.47. The molecule has 0 saturated carbocycles. The number of benzene rings is 1. The largest absolute Gasteiger partial charge is 0.355 e. The van der Waals surface area contributed by atoms with Crippen molar-refractivity contribution in [1.82, 2.24) is 20.5 Å². The Hall–Kier alpha value is -2.12. The van der Waals surface area contributed by atoms with Crippen LogP contribution in [0.5, 0.6) is 0 Å². The van der Waals surface area contributed by atoms with Gasteiger partial charge in [-0.25, -0.2) is 4.98 Å². The smallest absolute Gasteiger partial charge is 0.233 e. The minimum Gasteiger partial charge on any atom is -0.355 e. The Bertz CT molecular complexity index is 771. The topological polar surface area (TPSA) is 70.7 Å². The van der Waals surface area contributed by atoms with Crippen molar-refractivity contribution in [2.75, 3.05) is 6.54 Å². The summed E-state index contributed by atoms with van der Waals surface area (Å²) in [5.74, 6) is 0.739. The van der Waals surface area contributed by atoms with Gasteiger partial charge in [0.15, 0.2) is 5.82 Å². The fourth-order valence-corrected chi connectivity index (χ4v) is 3.57. The molecule has 1 aromatic carbocycles. The summed E-state index contributed by atoms with van der Waals surface area (Å²) >= 11 is 2.96. The molecule has 0 fully saturated rings. The second-order valence-electron chi connectivity index (χ2n) is 5.23. The quantitative estimate of drug-likeness (QED) is 0.635. The number of thioether (sulfide) groups is 1. The van der Waals surface area contributed by atoms with Gasteiger partial charge in [-0.3, -0.25) is 9.89 Å². The normalized spacial score (nSPS) is 12.0. The van der Waals surface area contributed by atoms with Crippen LogP contribution in [0.1, 0.15) is 12.5 Å². The zero-order chi connectivity index (χ0) is 16.8. The van der Waals surface area contributed by atoms with E-state index in [2.05, 4.69) is 32.6 Å². The van der Waals surface area contributed by atoms with E-state index in [1.54, 1.807) is 11.3 Å². The summed E-state index contributed by atoms with van der Waals surface area (Å²) in [7, 11) is 0. The lowest BCUT2D eigenvalue weighted by atomic mass is 10.1. The van der Waals surface area contributed by atoms with Crippen LogP contribution >= 0.6 is 23.1 Å². The molecule has 2 heterocycles. The molecule has 0 unspecified atom stereocenters. The van der Waals surface area contributed by atoms with Crippen molar-refractivity contribution < 1.29 is 4.79 Å². The number of nitrogens with zero attached hydrogens (tertiary/aromatic N) is 2. The van der Waals surface area contributed by atoms with Crippen LogP contribution in [-0.2, 0) is 11.2 Å². The van der Waals surface area contributed by atoms with Crippen molar-refractivity contribution in [3.05, 3.63) is 53.4 Å². The number of hydrogen-bond donors (Lipinski definition) is 2. The molecule has 0 aliphatic carbocycles. The Morgan fingerprint density at radius 3 is 2.88 bits per heavy atom. The maximum absolute atomic E-state index is 12.2. The summed E-state index contributed by atoms with van der Waals surface area (Å²) < 4.78 is 0. The number of hydrogen-bond acceptors (Lipinski definition) is 5.